The molecule has 0 radical (unpaired) electrons. The van der Waals surface area contributed by atoms with Crippen LogP contribution in [0, 0.1) is 12.7 Å². The van der Waals surface area contributed by atoms with E-state index in [1.54, 1.807) is 12.1 Å². The zero-order valence-corrected chi connectivity index (χ0v) is 28.3. The summed E-state index contributed by atoms with van der Waals surface area (Å²) >= 11 is 0. The standard InChI is InChI=1S/C38H40FN3O9/c1-3-40-26-7-10-28-33(21-26)51-32-18-23(2)4-8-27(32)36(28)24-5-9-29(37(38(47)48)41-12-14-43)31(19-24)49-16-17-50-34-20-25(39)6-11-30(34)42(13-15-44)22-35(45)46/h4-11,18-21,37,41,43-44H,3,12-17,22H2,1-2H3,(H,45,46)(H,47,48). The maximum atomic E-state index is 14.3. The molecule has 3 aromatic rings. The van der Waals surface area contributed by atoms with Crippen molar-refractivity contribution in [1.82, 2.24) is 5.32 Å². The van der Waals surface area contributed by atoms with Crippen LogP contribution in [0.4, 0.5) is 10.1 Å². The highest BCUT2D eigenvalue weighted by molar-refractivity contribution is 6.02. The third kappa shape index (κ3) is 8.81. The third-order valence-electron chi connectivity index (χ3n) is 8.08. The molecule has 0 amide bonds. The van der Waals surface area contributed by atoms with Gasteiger partial charge in [-0.1, -0.05) is 24.3 Å². The Morgan fingerprint density at radius 2 is 1.73 bits per heavy atom. The predicted molar refractivity (Wildman–Crippen MR) is 189 cm³/mol. The molecule has 0 fully saturated rings. The number of ether oxygens (including phenoxy) is 2. The SMILES string of the molecule is CCN=c1ccc2c(-c3ccc(C(NCCO)C(=O)O)c(OCCOc4cc(F)ccc4N(CCO)CC(=O)O)c3)c3ccc(C)cc3oc-2c1. The van der Waals surface area contributed by atoms with E-state index in [-0.39, 0.29) is 56.7 Å². The third-order valence-corrected chi connectivity index (χ3v) is 8.08. The first-order valence-electron chi connectivity index (χ1n) is 16.4. The quantitative estimate of drug-likeness (QED) is 0.0676. The molecule has 0 aromatic heterocycles. The van der Waals surface area contributed by atoms with Gasteiger partial charge in [0.1, 0.15) is 54.5 Å². The van der Waals surface area contributed by atoms with Crippen LogP contribution in [0.15, 0.2) is 82.2 Å². The van der Waals surface area contributed by atoms with Crippen LogP contribution in [-0.2, 0) is 9.59 Å². The molecule has 1 aliphatic carbocycles. The van der Waals surface area contributed by atoms with Gasteiger partial charge in [0.05, 0.1) is 24.3 Å². The van der Waals surface area contributed by atoms with Crippen LogP contribution in [0.3, 0.4) is 0 Å². The Morgan fingerprint density at radius 3 is 2.43 bits per heavy atom. The number of aliphatic hydroxyl groups is 2. The van der Waals surface area contributed by atoms with Crippen molar-refractivity contribution >= 4 is 28.6 Å². The summed E-state index contributed by atoms with van der Waals surface area (Å²) in [4.78, 5) is 29.7. The van der Waals surface area contributed by atoms with Gasteiger partial charge in [-0.2, -0.15) is 0 Å². The number of rotatable bonds is 17. The Morgan fingerprint density at radius 1 is 0.941 bits per heavy atom. The van der Waals surface area contributed by atoms with E-state index in [2.05, 4.69) is 10.3 Å². The Hall–Kier alpha value is -5.50. The van der Waals surface area contributed by atoms with Crippen molar-refractivity contribution < 1.29 is 48.3 Å². The molecule has 268 valence electrons. The number of nitrogens with one attached hydrogen (secondary N) is 1. The van der Waals surface area contributed by atoms with E-state index in [4.69, 9.17) is 13.9 Å². The molecule has 0 spiro atoms. The number of aliphatic hydroxyl groups excluding tert-OH is 2. The average Bonchev–Trinajstić information content (AvgIpc) is 3.09. The number of carboxylic acid groups (broad SMARTS) is 2. The van der Waals surface area contributed by atoms with Crippen molar-refractivity contribution in [2.45, 2.75) is 19.9 Å². The summed E-state index contributed by atoms with van der Waals surface area (Å²) in [5.41, 5.74) is 4.60. The second kappa shape index (κ2) is 16.9. The van der Waals surface area contributed by atoms with Crippen LogP contribution in [-0.4, -0.2) is 85.0 Å². The molecule has 1 heterocycles. The van der Waals surface area contributed by atoms with Gasteiger partial charge in [-0.15, -0.1) is 0 Å². The summed E-state index contributed by atoms with van der Waals surface area (Å²) in [6, 6.07) is 19.3. The molecule has 51 heavy (non-hydrogen) atoms. The lowest BCUT2D eigenvalue weighted by molar-refractivity contribution is -0.140. The van der Waals surface area contributed by atoms with Crippen molar-refractivity contribution in [3.05, 3.63) is 95.1 Å². The Kier molecular flexibility index (Phi) is 12.2. The van der Waals surface area contributed by atoms with Gasteiger partial charge < -0.3 is 39.2 Å². The number of benzene rings is 4. The molecule has 5 N–H and O–H groups in total. The first kappa shape index (κ1) is 36.8. The Balaban J connectivity index is 1.54. The fourth-order valence-corrected chi connectivity index (χ4v) is 5.91. The maximum Gasteiger partial charge on any atom is 0.325 e. The van der Waals surface area contributed by atoms with Gasteiger partial charge in [0.25, 0.3) is 0 Å². The van der Waals surface area contributed by atoms with Crippen LogP contribution in [0.25, 0.3) is 33.4 Å². The van der Waals surface area contributed by atoms with E-state index >= 15 is 0 Å². The van der Waals surface area contributed by atoms with Crippen LogP contribution < -0.4 is 25.0 Å². The van der Waals surface area contributed by atoms with E-state index < -0.39 is 30.3 Å². The first-order chi connectivity index (χ1) is 24.6. The fourth-order valence-electron chi connectivity index (χ4n) is 5.91. The summed E-state index contributed by atoms with van der Waals surface area (Å²) in [6.07, 6.45) is 0. The molecule has 12 nitrogen and oxygen atoms in total. The predicted octanol–water partition coefficient (Wildman–Crippen LogP) is 4.62. The number of nitrogens with zero attached hydrogens (tertiary/aromatic N) is 2. The summed E-state index contributed by atoms with van der Waals surface area (Å²) in [5, 5.41) is 42.8. The van der Waals surface area contributed by atoms with Gasteiger partial charge in [-0.25, -0.2) is 4.39 Å². The van der Waals surface area contributed by atoms with Gasteiger partial charge in [-0.05, 0) is 61.4 Å². The lowest BCUT2D eigenvalue weighted by atomic mass is 9.91. The summed E-state index contributed by atoms with van der Waals surface area (Å²) in [7, 11) is 0. The number of halogens is 1. The van der Waals surface area contributed by atoms with Crippen LogP contribution in [0.5, 0.6) is 11.5 Å². The second-order valence-corrected chi connectivity index (χ2v) is 11.7. The number of fused-ring (bicyclic) bond motifs is 2. The highest BCUT2D eigenvalue weighted by Crippen LogP contribution is 2.42. The van der Waals surface area contributed by atoms with E-state index in [1.807, 2.05) is 56.3 Å². The number of aliphatic carboxylic acids is 2. The van der Waals surface area contributed by atoms with Crippen LogP contribution in [0.1, 0.15) is 24.1 Å². The van der Waals surface area contributed by atoms with Gasteiger partial charge in [0.2, 0.25) is 0 Å². The molecule has 0 bridgehead atoms. The molecule has 1 aliphatic heterocycles. The Bertz CT molecular complexity index is 2050. The van der Waals surface area contributed by atoms with Crippen molar-refractivity contribution in [3.63, 3.8) is 0 Å². The van der Waals surface area contributed by atoms with Crippen LogP contribution >= 0.6 is 0 Å². The van der Waals surface area contributed by atoms with E-state index in [1.165, 1.54) is 17.0 Å². The highest BCUT2D eigenvalue weighted by Gasteiger charge is 2.25. The topological polar surface area (TPSA) is 174 Å². The molecule has 5 rings (SSSR count). The number of anilines is 1. The lowest BCUT2D eigenvalue weighted by Gasteiger charge is -2.24. The van der Waals surface area contributed by atoms with Gasteiger partial charge in [0.15, 0.2) is 0 Å². The fraction of sp³-hybridized carbons (Fsp3) is 0.289. The van der Waals surface area contributed by atoms with Crippen molar-refractivity contribution in [2.75, 3.05) is 57.5 Å². The van der Waals surface area contributed by atoms with Crippen molar-refractivity contribution in [1.29, 1.82) is 0 Å². The van der Waals surface area contributed by atoms with Gasteiger partial charge in [0, 0.05) is 53.8 Å². The smallest absolute Gasteiger partial charge is 0.325 e. The largest absolute Gasteiger partial charge is 0.490 e. The monoisotopic (exact) mass is 701 g/mol. The maximum absolute atomic E-state index is 14.3. The number of aryl methyl sites for hydroxylation is 1. The molecular weight excluding hydrogens is 661 g/mol. The van der Waals surface area contributed by atoms with Crippen molar-refractivity contribution in [3.8, 4) is 33.9 Å². The number of carboxylic acids is 2. The van der Waals surface area contributed by atoms with E-state index in [9.17, 15) is 34.4 Å². The zero-order valence-electron chi connectivity index (χ0n) is 28.3. The molecule has 13 heteroatoms. The minimum Gasteiger partial charge on any atom is -0.490 e. The van der Waals surface area contributed by atoms with Gasteiger partial charge in [-0.3, -0.25) is 19.9 Å². The molecular formula is C38H40FN3O9. The Labute approximate surface area is 293 Å². The number of carbonyl (C=O) groups is 2. The number of hydrogen-bond donors (Lipinski definition) is 5. The second-order valence-electron chi connectivity index (χ2n) is 11.7. The molecule has 0 saturated carbocycles. The number of hydrogen-bond acceptors (Lipinski definition) is 10. The van der Waals surface area contributed by atoms with Crippen LogP contribution in [0.2, 0.25) is 0 Å². The highest BCUT2D eigenvalue weighted by atomic mass is 19.1. The van der Waals surface area contributed by atoms with E-state index in [0.29, 0.717) is 23.5 Å². The minimum absolute atomic E-state index is 0.0181. The summed E-state index contributed by atoms with van der Waals surface area (Å²) in [6.45, 7) is 3.22. The van der Waals surface area contributed by atoms with E-state index in [0.717, 1.165) is 39.1 Å². The molecule has 0 saturated heterocycles. The molecule has 1 atom stereocenters. The minimum atomic E-state index is -1.22. The van der Waals surface area contributed by atoms with Crippen molar-refractivity contribution in [2.24, 2.45) is 4.99 Å². The zero-order chi connectivity index (χ0) is 36.5. The molecule has 3 aromatic carbocycles. The lowest BCUT2D eigenvalue weighted by Crippen LogP contribution is -2.32. The normalized spacial score (nSPS) is 12.3. The summed E-state index contributed by atoms with van der Waals surface area (Å²) < 4.78 is 32.7. The van der Waals surface area contributed by atoms with Gasteiger partial charge >= 0.3 is 11.9 Å². The average molecular weight is 702 g/mol. The summed E-state index contributed by atoms with van der Waals surface area (Å²) in [5.74, 6) is -2.03. The molecule has 2 aliphatic rings. The molecule has 1 unspecified atom stereocenters. The first-order valence-corrected chi connectivity index (χ1v) is 16.4.